The molecule has 1 saturated carbocycles. The number of imidazole rings is 1. The molecule has 0 spiro atoms. The Balaban J connectivity index is 1.77. The molecular formula is C16H22N4O. The summed E-state index contributed by atoms with van der Waals surface area (Å²) in [7, 11) is 6.10. The van der Waals surface area contributed by atoms with Crippen LogP contribution in [0.1, 0.15) is 29.6 Å². The minimum Gasteiger partial charge on any atom is -0.345 e. The number of carbonyl (C=O) groups excluding carboxylic acids is 1. The molecule has 1 aromatic heterocycles. The van der Waals surface area contributed by atoms with Crippen molar-refractivity contribution in [2.24, 2.45) is 0 Å². The maximum Gasteiger partial charge on any atom is 0.253 e. The fraction of sp³-hybridized carbons (Fsp3) is 0.500. The lowest BCUT2D eigenvalue weighted by Gasteiger charge is -2.49. The van der Waals surface area contributed by atoms with Crippen LogP contribution in [0.3, 0.4) is 0 Å². The van der Waals surface area contributed by atoms with Crippen molar-refractivity contribution >= 4 is 16.9 Å². The molecule has 1 fully saturated rings. The van der Waals surface area contributed by atoms with Gasteiger partial charge in [0.15, 0.2) is 0 Å². The molecule has 3 rings (SSSR count). The fourth-order valence-corrected chi connectivity index (χ4v) is 3.13. The Morgan fingerprint density at radius 1 is 1.33 bits per heavy atom. The predicted octanol–water partition coefficient (Wildman–Crippen LogP) is 2.12. The van der Waals surface area contributed by atoms with Crippen LogP contribution in [-0.2, 0) is 0 Å². The highest BCUT2D eigenvalue weighted by Gasteiger charge is 2.40. The number of rotatable bonds is 4. The third-order valence-electron chi connectivity index (χ3n) is 4.78. The Kier molecular flexibility index (Phi) is 3.45. The number of nitrogens with zero attached hydrogens (tertiary/aromatic N) is 3. The van der Waals surface area contributed by atoms with Gasteiger partial charge in [-0.15, -0.1) is 0 Å². The van der Waals surface area contributed by atoms with Gasteiger partial charge in [0.2, 0.25) is 0 Å². The van der Waals surface area contributed by atoms with Gasteiger partial charge in [0, 0.05) is 24.7 Å². The highest BCUT2D eigenvalue weighted by molar-refractivity contribution is 5.97. The molecule has 1 aromatic carbocycles. The van der Waals surface area contributed by atoms with Gasteiger partial charge in [-0.05, 0) is 51.6 Å². The van der Waals surface area contributed by atoms with Crippen molar-refractivity contribution in [2.45, 2.75) is 24.8 Å². The summed E-state index contributed by atoms with van der Waals surface area (Å²) in [6.07, 6.45) is 5.23. The Hall–Kier alpha value is -1.88. The summed E-state index contributed by atoms with van der Waals surface area (Å²) in [5.41, 5.74) is 2.66. The number of nitrogens with one attached hydrogen (secondary N) is 1. The second-order valence-corrected chi connectivity index (χ2v) is 6.27. The molecule has 5 nitrogen and oxygen atoms in total. The summed E-state index contributed by atoms with van der Waals surface area (Å²) in [6.45, 7) is 0.778. The van der Waals surface area contributed by atoms with Crippen molar-refractivity contribution in [1.29, 1.82) is 0 Å². The van der Waals surface area contributed by atoms with E-state index in [1.54, 1.807) is 6.33 Å². The second kappa shape index (κ2) is 5.15. The van der Waals surface area contributed by atoms with Crippen molar-refractivity contribution in [1.82, 2.24) is 19.8 Å². The minimum atomic E-state index is 0.0691. The molecule has 0 bridgehead atoms. The maximum absolute atomic E-state index is 12.6. The van der Waals surface area contributed by atoms with Gasteiger partial charge < -0.3 is 14.8 Å². The first kappa shape index (κ1) is 14.1. The van der Waals surface area contributed by atoms with Gasteiger partial charge in [-0.3, -0.25) is 4.79 Å². The number of fused-ring (bicyclic) bond motifs is 1. The molecule has 1 N–H and O–H groups in total. The van der Waals surface area contributed by atoms with Crippen molar-refractivity contribution in [3.63, 3.8) is 0 Å². The van der Waals surface area contributed by atoms with E-state index in [-0.39, 0.29) is 11.4 Å². The molecule has 21 heavy (non-hydrogen) atoms. The second-order valence-electron chi connectivity index (χ2n) is 6.27. The highest BCUT2D eigenvalue weighted by atomic mass is 16.2. The summed E-state index contributed by atoms with van der Waals surface area (Å²) in [5.74, 6) is 0.0691. The zero-order chi connectivity index (χ0) is 15.0. The fourth-order valence-electron chi connectivity index (χ4n) is 3.13. The van der Waals surface area contributed by atoms with Crippen molar-refractivity contribution in [3.05, 3.63) is 30.1 Å². The lowest BCUT2D eigenvalue weighted by molar-refractivity contribution is 0.0252. The molecule has 112 valence electrons. The summed E-state index contributed by atoms with van der Waals surface area (Å²) < 4.78 is 0. The van der Waals surface area contributed by atoms with Gasteiger partial charge in [-0.25, -0.2) is 4.98 Å². The zero-order valence-electron chi connectivity index (χ0n) is 12.9. The van der Waals surface area contributed by atoms with E-state index < -0.39 is 0 Å². The van der Waals surface area contributed by atoms with E-state index in [1.807, 2.05) is 30.1 Å². The third-order valence-corrected chi connectivity index (χ3v) is 4.78. The summed E-state index contributed by atoms with van der Waals surface area (Å²) >= 11 is 0. The molecule has 2 aromatic rings. The van der Waals surface area contributed by atoms with Crippen LogP contribution in [0.2, 0.25) is 0 Å². The number of carbonyl (C=O) groups is 1. The Morgan fingerprint density at radius 2 is 2.10 bits per heavy atom. The zero-order valence-corrected chi connectivity index (χ0v) is 12.9. The largest absolute Gasteiger partial charge is 0.345 e. The molecule has 5 heteroatoms. The predicted molar refractivity (Wildman–Crippen MR) is 83.3 cm³/mol. The van der Waals surface area contributed by atoms with E-state index >= 15 is 0 Å². The van der Waals surface area contributed by atoms with Gasteiger partial charge in [0.05, 0.1) is 17.4 Å². The molecule has 0 unspecified atom stereocenters. The molecule has 0 atom stereocenters. The molecular weight excluding hydrogens is 264 g/mol. The molecule has 0 saturated heterocycles. The normalized spacial score (nSPS) is 17.0. The van der Waals surface area contributed by atoms with Crippen LogP contribution in [0.25, 0.3) is 11.0 Å². The van der Waals surface area contributed by atoms with Crippen LogP contribution in [-0.4, -0.2) is 58.9 Å². The van der Waals surface area contributed by atoms with Crippen LogP contribution < -0.4 is 0 Å². The quantitative estimate of drug-likeness (QED) is 0.936. The molecule has 1 aliphatic carbocycles. The van der Waals surface area contributed by atoms with Crippen LogP contribution >= 0.6 is 0 Å². The van der Waals surface area contributed by atoms with Crippen molar-refractivity contribution in [2.75, 3.05) is 27.7 Å². The first-order valence-electron chi connectivity index (χ1n) is 7.38. The lowest BCUT2D eigenvalue weighted by atomic mass is 9.75. The molecule has 1 aliphatic rings. The monoisotopic (exact) mass is 286 g/mol. The number of hydrogen-bond acceptors (Lipinski definition) is 3. The summed E-state index contributed by atoms with van der Waals surface area (Å²) in [5, 5.41) is 0. The minimum absolute atomic E-state index is 0.0691. The topological polar surface area (TPSA) is 52.2 Å². The Labute approximate surface area is 125 Å². The average Bonchev–Trinajstić information content (AvgIpc) is 2.88. The number of H-pyrrole nitrogens is 1. The standard InChI is InChI=1S/C16H22N4O/c1-19(2)16(7-4-8-16)10-20(3)15(21)12-5-6-13-14(9-12)18-11-17-13/h5-6,9,11H,4,7-8,10H2,1-3H3,(H,17,18). The van der Waals surface area contributed by atoms with Crippen LogP contribution in [0, 0.1) is 0 Å². The SMILES string of the molecule is CN(CC1(N(C)C)CCC1)C(=O)c1ccc2nc[nH]c2c1. The van der Waals surface area contributed by atoms with Crippen LogP contribution in [0.4, 0.5) is 0 Å². The van der Waals surface area contributed by atoms with E-state index in [0.29, 0.717) is 5.56 Å². The van der Waals surface area contributed by atoms with E-state index in [2.05, 4.69) is 29.0 Å². The van der Waals surface area contributed by atoms with E-state index in [9.17, 15) is 4.79 Å². The van der Waals surface area contributed by atoms with Gasteiger partial charge in [-0.2, -0.15) is 0 Å². The van der Waals surface area contributed by atoms with Gasteiger partial charge in [0.1, 0.15) is 0 Å². The van der Waals surface area contributed by atoms with Crippen LogP contribution in [0.5, 0.6) is 0 Å². The summed E-state index contributed by atoms with van der Waals surface area (Å²) in [6, 6.07) is 5.62. The van der Waals surface area contributed by atoms with Gasteiger partial charge in [0.25, 0.3) is 5.91 Å². The maximum atomic E-state index is 12.6. The number of benzene rings is 1. The number of likely N-dealkylation sites (N-methyl/N-ethyl adjacent to an activating group) is 2. The van der Waals surface area contributed by atoms with Gasteiger partial charge in [-0.1, -0.05) is 0 Å². The number of amides is 1. The molecule has 1 amide bonds. The third kappa shape index (κ3) is 2.42. The molecule has 1 heterocycles. The first-order chi connectivity index (χ1) is 10.0. The molecule has 0 aliphatic heterocycles. The van der Waals surface area contributed by atoms with Crippen molar-refractivity contribution in [3.8, 4) is 0 Å². The van der Waals surface area contributed by atoms with E-state index in [4.69, 9.17) is 0 Å². The number of aromatic nitrogens is 2. The number of aromatic amines is 1. The lowest BCUT2D eigenvalue weighted by Crippen LogP contribution is -2.57. The highest BCUT2D eigenvalue weighted by Crippen LogP contribution is 2.36. The van der Waals surface area contributed by atoms with Crippen molar-refractivity contribution < 1.29 is 4.79 Å². The van der Waals surface area contributed by atoms with E-state index in [0.717, 1.165) is 30.4 Å². The smallest absolute Gasteiger partial charge is 0.253 e. The summed E-state index contributed by atoms with van der Waals surface area (Å²) in [4.78, 5) is 24.0. The van der Waals surface area contributed by atoms with Gasteiger partial charge >= 0.3 is 0 Å². The van der Waals surface area contributed by atoms with E-state index in [1.165, 1.54) is 6.42 Å². The first-order valence-corrected chi connectivity index (χ1v) is 7.38. The van der Waals surface area contributed by atoms with Crippen LogP contribution in [0.15, 0.2) is 24.5 Å². The Bertz CT molecular complexity index is 657. The molecule has 0 radical (unpaired) electrons. The number of hydrogen-bond donors (Lipinski definition) is 1. The Morgan fingerprint density at radius 3 is 2.71 bits per heavy atom. The average molecular weight is 286 g/mol.